The van der Waals surface area contributed by atoms with E-state index < -0.39 is 0 Å². The van der Waals surface area contributed by atoms with Crippen LogP contribution in [0.4, 0.5) is 0 Å². The zero-order chi connectivity index (χ0) is 14.8. The molecule has 3 rings (SSSR count). The van der Waals surface area contributed by atoms with Crippen molar-refractivity contribution in [2.24, 2.45) is 0 Å². The highest BCUT2D eigenvalue weighted by Gasteiger charge is 2.22. The lowest BCUT2D eigenvalue weighted by Crippen LogP contribution is -2.33. The summed E-state index contributed by atoms with van der Waals surface area (Å²) in [4.78, 5) is 0. The summed E-state index contributed by atoms with van der Waals surface area (Å²) >= 11 is 5.93. The number of ether oxygens (including phenoxy) is 1. The fourth-order valence-corrected chi connectivity index (χ4v) is 2.73. The number of phenolic OH excluding ortho intramolecular Hbond substituents is 2. The third-order valence-corrected chi connectivity index (χ3v) is 3.84. The van der Waals surface area contributed by atoms with Crippen LogP contribution in [0.15, 0.2) is 36.4 Å². The maximum atomic E-state index is 9.68. The number of phenols is 2. The maximum absolute atomic E-state index is 9.68. The van der Waals surface area contributed by atoms with E-state index in [1.807, 2.05) is 12.1 Å². The number of nitrogens with one attached hydrogen (secondary N) is 1. The van der Waals surface area contributed by atoms with E-state index in [0.717, 1.165) is 24.1 Å². The zero-order valence-corrected chi connectivity index (χ0v) is 13.3. The molecule has 0 bridgehead atoms. The quantitative estimate of drug-likeness (QED) is 0.748. The van der Waals surface area contributed by atoms with Crippen LogP contribution in [0, 0.1) is 0 Å². The number of rotatable bonds is 3. The van der Waals surface area contributed by atoms with Crippen molar-refractivity contribution in [2.45, 2.75) is 12.5 Å². The summed E-state index contributed by atoms with van der Waals surface area (Å²) in [5, 5.41) is 23.2. The van der Waals surface area contributed by atoms with Gasteiger partial charge in [0.1, 0.15) is 12.4 Å². The van der Waals surface area contributed by atoms with Crippen molar-refractivity contribution < 1.29 is 14.9 Å². The highest BCUT2D eigenvalue weighted by molar-refractivity contribution is 6.30. The zero-order valence-electron chi connectivity index (χ0n) is 11.8. The lowest BCUT2D eigenvalue weighted by molar-refractivity contribution is 0.260. The Balaban J connectivity index is 0.00000176. The summed E-state index contributed by atoms with van der Waals surface area (Å²) in [7, 11) is 0. The Morgan fingerprint density at radius 2 is 1.95 bits per heavy atom. The smallest absolute Gasteiger partial charge is 0.157 e. The third-order valence-electron chi connectivity index (χ3n) is 3.61. The number of hydrogen-bond donors (Lipinski definition) is 3. The van der Waals surface area contributed by atoms with Crippen molar-refractivity contribution in [1.82, 2.24) is 5.32 Å². The van der Waals surface area contributed by atoms with Crippen LogP contribution >= 0.6 is 24.0 Å². The van der Waals surface area contributed by atoms with Gasteiger partial charge < -0.3 is 20.3 Å². The van der Waals surface area contributed by atoms with E-state index in [9.17, 15) is 10.2 Å². The Labute approximate surface area is 140 Å². The van der Waals surface area contributed by atoms with Gasteiger partial charge in [0.25, 0.3) is 0 Å². The van der Waals surface area contributed by atoms with Gasteiger partial charge in [0.05, 0.1) is 6.04 Å². The van der Waals surface area contributed by atoms with Crippen LogP contribution in [-0.4, -0.2) is 23.4 Å². The van der Waals surface area contributed by atoms with Crippen LogP contribution in [0.5, 0.6) is 17.2 Å². The van der Waals surface area contributed by atoms with E-state index in [4.69, 9.17) is 16.3 Å². The number of hydrogen-bond acceptors (Lipinski definition) is 4. The average Bonchev–Trinajstić information content (AvgIpc) is 2.46. The van der Waals surface area contributed by atoms with Crippen molar-refractivity contribution in [3.63, 3.8) is 0 Å². The van der Waals surface area contributed by atoms with Crippen LogP contribution in [0.1, 0.15) is 17.2 Å². The van der Waals surface area contributed by atoms with E-state index in [0.29, 0.717) is 17.4 Å². The topological polar surface area (TPSA) is 61.7 Å². The number of aromatic hydroxyl groups is 2. The van der Waals surface area contributed by atoms with Crippen LogP contribution in [-0.2, 0) is 6.42 Å². The largest absolute Gasteiger partial charge is 0.504 e. The van der Waals surface area contributed by atoms with E-state index in [1.54, 1.807) is 24.3 Å². The van der Waals surface area contributed by atoms with Crippen LogP contribution < -0.4 is 10.1 Å². The molecule has 1 heterocycles. The minimum absolute atomic E-state index is 0. The lowest BCUT2D eigenvalue weighted by atomic mass is 9.94. The molecule has 2 aromatic rings. The second-order valence-electron chi connectivity index (χ2n) is 5.06. The van der Waals surface area contributed by atoms with Gasteiger partial charge in [-0.1, -0.05) is 17.7 Å². The Hall–Kier alpha value is -1.62. The van der Waals surface area contributed by atoms with E-state index in [2.05, 4.69) is 5.32 Å². The van der Waals surface area contributed by atoms with Gasteiger partial charge in [-0.25, -0.2) is 0 Å². The molecule has 2 aromatic carbocycles. The van der Waals surface area contributed by atoms with Crippen molar-refractivity contribution >= 4 is 24.0 Å². The molecule has 0 amide bonds. The fraction of sp³-hybridized carbons (Fsp3) is 0.250. The van der Waals surface area contributed by atoms with Gasteiger partial charge in [-0.2, -0.15) is 0 Å². The molecular formula is C16H17Cl2NO3. The summed E-state index contributed by atoms with van der Waals surface area (Å²) in [6.07, 6.45) is 0.816. The minimum atomic E-state index is -0.106. The SMILES string of the molecule is Cl.Oc1cc2c(cc1O)C(COc1cccc(Cl)c1)NCC2. The predicted molar refractivity (Wildman–Crippen MR) is 88.4 cm³/mol. The molecule has 0 saturated carbocycles. The van der Waals surface area contributed by atoms with Crippen molar-refractivity contribution in [3.05, 3.63) is 52.5 Å². The average molecular weight is 342 g/mol. The van der Waals surface area contributed by atoms with Gasteiger partial charge in [0.15, 0.2) is 11.5 Å². The number of fused-ring (bicyclic) bond motifs is 1. The molecular weight excluding hydrogens is 325 g/mol. The molecule has 118 valence electrons. The van der Waals surface area contributed by atoms with Gasteiger partial charge in [-0.15, -0.1) is 12.4 Å². The first-order valence-corrected chi connectivity index (χ1v) is 7.18. The maximum Gasteiger partial charge on any atom is 0.157 e. The highest BCUT2D eigenvalue weighted by Crippen LogP contribution is 2.33. The standard InChI is InChI=1S/C16H16ClNO3.ClH/c17-11-2-1-3-12(7-11)21-9-14-13-8-16(20)15(19)6-10(13)4-5-18-14;/h1-3,6-8,14,18-20H,4-5,9H2;1H. The first-order valence-electron chi connectivity index (χ1n) is 6.80. The summed E-state index contributed by atoms with van der Waals surface area (Å²) in [6, 6.07) is 10.4. The lowest BCUT2D eigenvalue weighted by Gasteiger charge is -2.27. The number of halogens is 2. The summed E-state index contributed by atoms with van der Waals surface area (Å²) in [5.41, 5.74) is 1.99. The molecule has 1 aliphatic rings. The predicted octanol–water partition coefficient (Wildman–Crippen LogP) is 3.44. The summed E-state index contributed by atoms with van der Waals surface area (Å²) in [5.74, 6) is 0.523. The Morgan fingerprint density at radius 3 is 2.73 bits per heavy atom. The molecule has 0 aromatic heterocycles. The van der Waals surface area contributed by atoms with Crippen LogP contribution in [0.25, 0.3) is 0 Å². The Kier molecular flexibility index (Phi) is 5.40. The second kappa shape index (κ2) is 7.09. The fourth-order valence-electron chi connectivity index (χ4n) is 2.55. The van der Waals surface area contributed by atoms with E-state index in [1.165, 1.54) is 0 Å². The first kappa shape index (κ1) is 16.7. The minimum Gasteiger partial charge on any atom is -0.504 e. The molecule has 0 radical (unpaired) electrons. The molecule has 0 aliphatic carbocycles. The van der Waals surface area contributed by atoms with Crippen LogP contribution in [0.3, 0.4) is 0 Å². The molecule has 0 fully saturated rings. The first-order chi connectivity index (χ1) is 10.1. The molecule has 6 heteroatoms. The van der Waals surface area contributed by atoms with Crippen molar-refractivity contribution in [1.29, 1.82) is 0 Å². The van der Waals surface area contributed by atoms with Crippen molar-refractivity contribution in [3.8, 4) is 17.2 Å². The van der Waals surface area contributed by atoms with Gasteiger partial charge in [0, 0.05) is 5.02 Å². The third kappa shape index (κ3) is 3.58. The Morgan fingerprint density at radius 1 is 1.18 bits per heavy atom. The second-order valence-corrected chi connectivity index (χ2v) is 5.50. The highest BCUT2D eigenvalue weighted by atomic mass is 35.5. The summed E-state index contributed by atoms with van der Waals surface area (Å²) in [6.45, 7) is 1.23. The molecule has 1 unspecified atom stereocenters. The van der Waals surface area contributed by atoms with Crippen LogP contribution in [0.2, 0.25) is 5.02 Å². The molecule has 4 nitrogen and oxygen atoms in total. The van der Waals surface area contributed by atoms with Gasteiger partial charge in [-0.05, 0) is 54.4 Å². The molecule has 22 heavy (non-hydrogen) atoms. The molecule has 0 spiro atoms. The Bertz CT molecular complexity index is 664. The number of benzene rings is 2. The van der Waals surface area contributed by atoms with E-state index >= 15 is 0 Å². The van der Waals surface area contributed by atoms with Gasteiger partial charge >= 0.3 is 0 Å². The molecule has 1 atom stereocenters. The summed E-state index contributed by atoms with van der Waals surface area (Å²) < 4.78 is 5.76. The normalized spacial score (nSPS) is 16.5. The molecule has 3 N–H and O–H groups in total. The monoisotopic (exact) mass is 341 g/mol. The van der Waals surface area contributed by atoms with E-state index in [-0.39, 0.29) is 29.9 Å². The van der Waals surface area contributed by atoms with Gasteiger partial charge in [0.2, 0.25) is 0 Å². The molecule has 1 aliphatic heterocycles. The molecule has 0 saturated heterocycles. The van der Waals surface area contributed by atoms with Gasteiger partial charge in [-0.3, -0.25) is 0 Å². The van der Waals surface area contributed by atoms with Crippen molar-refractivity contribution in [2.75, 3.05) is 13.2 Å².